The Labute approximate surface area is 138 Å². The zero-order valence-corrected chi connectivity index (χ0v) is 14.4. The summed E-state index contributed by atoms with van der Waals surface area (Å²) in [6.07, 6.45) is 3.30. The summed E-state index contributed by atoms with van der Waals surface area (Å²) in [4.78, 5) is 12.9. The molecule has 0 saturated carbocycles. The number of nitrogens with zero attached hydrogens (tertiary/aromatic N) is 1. The Hall–Kier alpha value is -1.16. The van der Waals surface area contributed by atoms with Crippen molar-refractivity contribution in [1.82, 2.24) is 4.48 Å². The number of allylic oxidation sites excluding steroid dienone is 2. The molecule has 1 aliphatic rings. The van der Waals surface area contributed by atoms with Gasteiger partial charge >= 0.3 is 5.91 Å². The molecule has 0 saturated heterocycles. The van der Waals surface area contributed by atoms with Crippen molar-refractivity contribution in [3.8, 4) is 0 Å². The smallest absolute Gasteiger partial charge is 0.334 e. The third-order valence-corrected chi connectivity index (χ3v) is 4.79. The minimum Gasteiger partial charge on any atom is -0.334 e. The number of amides is 1. The number of carbonyl (C=O) groups is 1. The van der Waals surface area contributed by atoms with Crippen LogP contribution in [0.1, 0.15) is 33.1 Å². The van der Waals surface area contributed by atoms with E-state index in [1.807, 2.05) is 30.3 Å². The number of hydrogen-bond donors (Lipinski definition) is 0. The minimum absolute atomic E-state index is 0.0260. The molecule has 2 rings (SSSR count). The van der Waals surface area contributed by atoms with Gasteiger partial charge in [-0.25, -0.2) is 4.79 Å². The van der Waals surface area contributed by atoms with Crippen molar-refractivity contribution >= 4 is 23.2 Å². The van der Waals surface area contributed by atoms with Crippen LogP contribution < -0.4 is 4.48 Å². The molecule has 0 bridgehead atoms. The quantitative estimate of drug-likeness (QED) is 0.454. The van der Waals surface area contributed by atoms with E-state index in [-0.39, 0.29) is 23.0 Å². The van der Waals surface area contributed by atoms with Gasteiger partial charge in [0.1, 0.15) is 17.3 Å². The molecule has 0 fully saturated rings. The Morgan fingerprint density at radius 2 is 2.05 bits per heavy atom. The predicted molar refractivity (Wildman–Crippen MR) is 91.6 cm³/mol. The first-order valence-electron chi connectivity index (χ1n) is 7.80. The molecule has 0 aromatic heterocycles. The van der Waals surface area contributed by atoms with Gasteiger partial charge in [-0.1, -0.05) is 25.1 Å². The maximum Gasteiger partial charge on any atom is 0.340 e. The molecule has 2 unspecified atom stereocenters. The Morgan fingerprint density at radius 1 is 1.36 bits per heavy atom. The van der Waals surface area contributed by atoms with Crippen LogP contribution >= 0.6 is 11.6 Å². The van der Waals surface area contributed by atoms with Crippen LogP contribution in [0.2, 0.25) is 0 Å². The van der Waals surface area contributed by atoms with Gasteiger partial charge in [0.25, 0.3) is 0 Å². The Morgan fingerprint density at radius 3 is 2.59 bits per heavy atom. The van der Waals surface area contributed by atoms with Crippen LogP contribution in [0.5, 0.6) is 0 Å². The van der Waals surface area contributed by atoms with E-state index in [1.54, 1.807) is 7.11 Å². The number of halogens is 1. The highest BCUT2D eigenvalue weighted by molar-refractivity contribution is 6.28. The first-order chi connectivity index (χ1) is 10.6. The summed E-state index contributed by atoms with van der Waals surface area (Å²) >= 11 is 5.99. The molecule has 2 atom stereocenters. The van der Waals surface area contributed by atoms with E-state index >= 15 is 0 Å². The average Bonchev–Trinajstić information content (AvgIpc) is 2.53. The van der Waals surface area contributed by atoms with E-state index in [0.717, 1.165) is 24.2 Å². The number of benzene rings is 1. The molecule has 1 amide bonds. The SMILES string of the molecule is COC[N+](C(=O)CCl)(C1=C(C)CCCC1C)c1ccccc1. The number of methoxy groups -OCH3 is 1. The summed E-state index contributed by atoms with van der Waals surface area (Å²) in [7, 11) is 1.64. The molecule has 3 nitrogen and oxygen atoms in total. The maximum atomic E-state index is 12.9. The standard InChI is InChI=1S/C18H25ClNO2/c1-14-8-7-9-15(2)18(14)20(13-22-3,17(21)12-19)16-10-5-4-6-11-16/h4-6,10-11,14H,7-9,12-13H2,1-3H3/q+1. The van der Waals surface area contributed by atoms with E-state index in [0.29, 0.717) is 5.92 Å². The van der Waals surface area contributed by atoms with Gasteiger partial charge in [0.05, 0.1) is 0 Å². The number of quaternary nitrogens is 1. The monoisotopic (exact) mass is 322 g/mol. The average molecular weight is 323 g/mol. The lowest BCUT2D eigenvalue weighted by atomic mass is 9.86. The lowest BCUT2D eigenvalue weighted by Crippen LogP contribution is -2.57. The number of ether oxygens (including phenoxy) is 1. The van der Waals surface area contributed by atoms with Gasteiger partial charge in [-0.3, -0.25) is 0 Å². The van der Waals surface area contributed by atoms with Gasteiger partial charge in [-0.15, -0.1) is 11.6 Å². The minimum atomic E-state index is -0.0298. The lowest BCUT2D eigenvalue weighted by molar-refractivity contribution is -0.130. The summed E-state index contributed by atoms with van der Waals surface area (Å²) in [5.41, 5.74) is 3.38. The van der Waals surface area contributed by atoms with Crippen molar-refractivity contribution < 1.29 is 9.53 Å². The predicted octanol–water partition coefficient (Wildman–Crippen LogP) is 4.46. The van der Waals surface area contributed by atoms with Crippen LogP contribution in [-0.4, -0.2) is 25.6 Å². The summed E-state index contributed by atoms with van der Waals surface area (Å²) in [6, 6.07) is 9.86. The number of para-hydroxylation sites is 1. The molecule has 1 aromatic rings. The summed E-state index contributed by atoms with van der Waals surface area (Å²) < 4.78 is 5.58. The van der Waals surface area contributed by atoms with E-state index in [2.05, 4.69) is 13.8 Å². The molecule has 1 aromatic carbocycles. The Balaban J connectivity index is 2.70. The van der Waals surface area contributed by atoms with Crippen LogP contribution in [0.4, 0.5) is 5.69 Å². The second kappa shape index (κ2) is 7.40. The summed E-state index contributed by atoms with van der Waals surface area (Å²) in [6.45, 7) is 4.62. The largest absolute Gasteiger partial charge is 0.340 e. The summed E-state index contributed by atoms with van der Waals surface area (Å²) in [5.74, 6) is 0.288. The van der Waals surface area contributed by atoms with Crippen LogP contribution in [0.15, 0.2) is 41.6 Å². The second-order valence-electron chi connectivity index (χ2n) is 6.05. The highest BCUT2D eigenvalue weighted by Crippen LogP contribution is 2.40. The van der Waals surface area contributed by atoms with Crippen molar-refractivity contribution in [2.45, 2.75) is 33.1 Å². The molecule has 0 radical (unpaired) electrons. The van der Waals surface area contributed by atoms with Crippen molar-refractivity contribution in [3.05, 3.63) is 41.6 Å². The molecular weight excluding hydrogens is 298 g/mol. The van der Waals surface area contributed by atoms with Gasteiger partial charge in [0.2, 0.25) is 0 Å². The van der Waals surface area contributed by atoms with Crippen LogP contribution in [0.25, 0.3) is 0 Å². The zero-order valence-electron chi connectivity index (χ0n) is 13.6. The van der Waals surface area contributed by atoms with E-state index < -0.39 is 0 Å². The van der Waals surface area contributed by atoms with Crippen LogP contribution in [0, 0.1) is 5.92 Å². The normalized spacial score (nSPS) is 21.5. The van der Waals surface area contributed by atoms with Crippen molar-refractivity contribution in [1.29, 1.82) is 0 Å². The Kier molecular flexibility index (Phi) is 5.79. The van der Waals surface area contributed by atoms with E-state index in [9.17, 15) is 4.79 Å². The third kappa shape index (κ3) is 2.98. The summed E-state index contributed by atoms with van der Waals surface area (Å²) in [5, 5.41) is 0. The zero-order chi connectivity index (χ0) is 16.2. The van der Waals surface area contributed by atoms with Gasteiger partial charge in [-0.2, -0.15) is 4.48 Å². The van der Waals surface area contributed by atoms with Crippen LogP contribution in [0.3, 0.4) is 0 Å². The highest BCUT2D eigenvalue weighted by Gasteiger charge is 2.46. The molecule has 0 heterocycles. The van der Waals surface area contributed by atoms with Crippen LogP contribution in [-0.2, 0) is 9.53 Å². The number of rotatable bonds is 5. The molecule has 0 N–H and O–H groups in total. The Bertz CT molecular complexity index is 555. The fourth-order valence-electron chi connectivity index (χ4n) is 3.67. The highest BCUT2D eigenvalue weighted by atomic mass is 35.5. The molecule has 0 spiro atoms. The van der Waals surface area contributed by atoms with Crippen molar-refractivity contribution in [2.75, 3.05) is 19.7 Å². The fourth-order valence-corrected chi connectivity index (χ4v) is 3.88. The van der Waals surface area contributed by atoms with Crippen molar-refractivity contribution in [2.24, 2.45) is 5.92 Å². The first kappa shape index (κ1) is 17.2. The van der Waals surface area contributed by atoms with Gasteiger partial charge in [0.15, 0.2) is 6.73 Å². The second-order valence-corrected chi connectivity index (χ2v) is 6.32. The fraction of sp³-hybridized carbons (Fsp3) is 0.500. The van der Waals surface area contributed by atoms with E-state index in [4.69, 9.17) is 16.3 Å². The van der Waals surface area contributed by atoms with Gasteiger partial charge < -0.3 is 4.74 Å². The molecule has 1 aliphatic carbocycles. The van der Waals surface area contributed by atoms with Crippen molar-refractivity contribution in [3.63, 3.8) is 0 Å². The molecular formula is C18H25ClNO2+. The molecule has 4 heteroatoms. The number of hydrogen-bond acceptors (Lipinski definition) is 2. The van der Waals surface area contributed by atoms with E-state index in [1.165, 1.54) is 12.0 Å². The topological polar surface area (TPSA) is 26.3 Å². The maximum absolute atomic E-state index is 12.9. The van der Waals surface area contributed by atoms with Gasteiger partial charge in [0, 0.05) is 25.2 Å². The number of carbonyl (C=O) groups excluding carboxylic acids is 1. The molecule has 120 valence electrons. The molecule has 22 heavy (non-hydrogen) atoms. The molecule has 0 aliphatic heterocycles. The third-order valence-electron chi connectivity index (χ3n) is 4.56. The first-order valence-corrected chi connectivity index (χ1v) is 8.33. The number of alkyl halides is 1. The lowest BCUT2D eigenvalue weighted by Gasteiger charge is -2.40. The van der Waals surface area contributed by atoms with Gasteiger partial charge in [-0.05, 0) is 31.8 Å².